The van der Waals surface area contributed by atoms with Crippen molar-refractivity contribution in [1.29, 1.82) is 0 Å². The first-order valence-electron chi connectivity index (χ1n) is 9.58. The molecular formula is C21H17Cl2F2N5O. The van der Waals surface area contributed by atoms with Crippen LogP contribution in [0.5, 0.6) is 0 Å². The molecule has 2 aliphatic rings. The second kappa shape index (κ2) is 9.11. The van der Waals surface area contributed by atoms with Crippen LogP contribution >= 0.6 is 23.2 Å². The molecule has 1 fully saturated rings. The monoisotopic (exact) mass is 463 g/mol. The molecule has 0 aromatic heterocycles. The highest BCUT2D eigenvalue weighted by Gasteiger charge is 2.27. The molecule has 31 heavy (non-hydrogen) atoms. The van der Waals surface area contributed by atoms with E-state index in [1.807, 2.05) is 0 Å². The summed E-state index contributed by atoms with van der Waals surface area (Å²) in [6.07, 6.45) is 3.86. The largest absolute Gasteiger partial charge is 0.290 e. The zero-order valence-electron chi connectivity index (χ0n) is 16.1. The topological polar surface area (TPSA) is 78.2 Å². The first-order valence-corrected chi connectivity index (χ1v) is 10.3. The van der Waals surface area contributed by atoms with Crippen LogP contribution in [0.1, 0.15) is 36.0 Å². The maximum Gasteiger partial charge on any atom is 0.258 e. The number of amidine groups is 1. The van der Waals surface area contributed by atoms with Gasteiger partial charge in [0.1, 0.15) is 17.5 Å². The number of aliphatic imine (C=N–C) groups is 2. The fraction of sp³-hybridized carbons (Fsp3) is 0.238. The summed E-state index contributed by atoms with van der Waals surface area (Å²) >= 11 is 11.6. The van der Waals surface area contributed by atoms with Gasteiger partial charge < -0.3 is 0 Å². The number of amides is 1. The van der Waals surface area contributed by atoms with Crippen molar-refractivity contribution in [3.63, 3.8) is 0 Å². The summed E-state index contributed by atoms with van der Waals surface area (Å²) in [7, 11) is 0. The zero-order valence-corrected chi connectivity index (χ0v) is 17.6. The number of halogens is 4. The predicted octanol–water partition coefficient (Wildman–Crippen LogP) is 5.24. The van der Waals surface area contributed by atoms with E-state index in [0.717, 1.165) is 36.8 Å². The molecule has 0 atom stereocenters. The Morgan fingerprint density at radius 1 is 1.16 bits per heavy atom. The Morgan fingerprint density at radius 3 is 2.65 bits per heavy atom. The molecule has 160 valence electrons. The van der Waals surface area contributed by atoms with Gasteiger partial charge in [0.25, 0.3) is 5.91 Å². The third-order valence-corrected chi connectivity index (χ3v) is 5.51. The molecule has 0 radical (unpaired) electrons. The molecule has 1 saturated carbocycles. The third kappa shape index (κ3) is 5.26. The third-order valence-electron chi connectivity index (χ3n) is 4.98. The number of nitrogens with one attached hydrogen (secondary N) is 2. The van der Waals surface area contributed by atoms with E-state index in [0.29, 0.717) is 18.2 Å². The van der Waals surface area contributed by atoms with Crippen LogP contribution in [0.15, 0.2) is 51.5 Å². The van der Waals surface area contributed by atoms with Crippen LogP contribution in [-0.4, -0.2) is 23.4 Å². The Kier molecular flexibility index (Phi) is 6.29. The van der Waals surface area contributed by atoms with Crippen molar-refractivity contribution in [2.75, 3.05) is 0 Å². The lowest BCUT2D eigenvalue weighted by Crippen LogP contribution is -2.31. The Balaban J connectivity index is 1.60. The lowest BCUT2D eigenvalue weighted by molar-refractivity contribution is 0.0976. The maximum atomic E-state index is 13.7. The molecule has 1 aliphatic carbocycles. The van der Waals surface area contributed by atoms with E-state index in [1.54, 1.807) is 0 Å². The summed E-state index contributed by atoms with van der Waals surface area (Å²) in [6.45, 7) is 0. The summed E-state index contributed by atoms with van der Waals surface area (Å²) < 4.78 is 27.5. The summed E-state index contributed by atoms with van der Waals surface area (Å²) in [4.78, 5) is 21.2. The molecule has 0 bridgehead atoms. The number of carbonyl (C=O) groups is 1. The fourth-order valence-electron chi connectivity index (χ4n) is 3.17. The van der Waals surface area contributed by atoms with Gasteiger partial charge in [0.05, 0.1) is 10.7 Å². The van der Waals surface area contributed by atoms with Crippen LogP contribution in [-0.2, 0) is 0 Å². The molecule has 6 nitrogen and oxygen atoms in total. The SMILES string of the molecule is O=C(NC(N=C1CC(C2CCC2)=NN1)=Nc1cc(F)cc(Cl)c1)c1ccc(Cl)c(F)c1. The highest BCUT2D eigenvalue weighted by atomic mass is 35.5. The summed E-state index contributed by atoms with van der Waals surface area (Å²) in [6, 6.07) is 7.37. The zero-order chi connectivity index (χ0) is 22.0. The average Bonchev–Trinajstić information content (AvgIpc) is 3.09. The van der Waals surface area contributed by atoms with Crippen LogP contribution in [0.2, 0.25) is 10.0 Å². The van der Waals surface area contributed by atoms with Gasteiger partial charge in [0, 0.05) is 22.7 Å². The number of benzene rings is 2. The molecule has 4 rings (SSSR count). The van der Waals surface area contributed by atoms with E-state index in [9.17, 15) is 13.6 Å². The van der Waals surface area contributed by atoms with Crippen LogP contribution in [0, 0.1) is 17.6 Å². The minimum Gasteiger partial charge on any atom is -0.290 e. The quantitative estimate of drug-likeness (QED) is 0.482. The Labute approximate surface area is 187 Å². The number of carbonyl (C=O) groups excluding carboxylic acids is 1. The van der Waals surface area contributed by atoms with Crippen molar-refractivity contribution in [1.82, 2.24) is 10.7 Å². The van der Waals surface area contributed by atoms with Gasteiger partial charge in [-0.2, -0.15) is 10.1 Å². The lowest BCUT2D eigenvalue weighted by Gasteiger charge is -2.24. The second-order valence-electron chi connectivity index (χ2n) is 7.22. The first kappa shape index (κ1) is 21.4. The summed E-state index contributed by atoms with van der Waals surface area (Å²) in [5.41, 5.74) is 4.04. The molecular weight excluding hydrogens is 447 g/mol. The maximum absolute atomic E-state index is 13.7. The van der Waals surface area contributed by atoms with Crippen molar-refractivity contribution in [3.8, 4) is 0 Å². The van der Waals surface area contributed by atoms with Gasteiger partial charge in [-0.3, -0.25) is 15.5 Å². The van der Waals surface area contributed by atoms with E-state index >= 15 is 0 Å². The van der Waals surface area contributed by atoms with Gasteiger partial charge in [-0.15, -0.1) is 0 Å². The van der Waals surface area contributed by atoms with Crippen molar-refractivity contribution in [2.45, 2.75) is 25.7 Å². The van der Waals surface area contributed by atoms with Crippen molar-refractivity contribution >= 4 is 52.3 Å². The van der Waals surface area contributed by atoms with Gasteiger partial charge in [-0.1, -0.05) is 29.6 Å². The van der Waals surface area contributed by atoms with E-state index in [-0.39, 0.29) is 27.3 Å². The van der Waals surface area contributed by atoms with Gasteiger partial charge in [-0.25, -0.2) is 13.8 Å². The summed E-state index contributed by atoms with van der Waals surface area (Å²) in [5, 5.41) is 6.88. The average molecular weight is 464 g/mol. The van der Waals surface area contributed by atoms with E-state index in [1.165, 1.54) is 24.6 Å². The minimum absolute atomic E-state index is 0.0258. The van der Waals surface area contributed by atoms with Gasteiger partial charge >= 0.3 is 0 Å². The molecule has 2 N–H and O–H groups in total. The molecule has 1 aliphatic heterocycles. The number of guanidine groups is 1. The Bertz CT molecular complexity index is 1110. The van der Waals surface area contributed by atoms with Crippen LogP contribution < -0.4 is 10.7 Å². The van der Waals surface area contributed by atoms with Crippen molar-refractivity contribution in [2.24, 2.45) is 21.0 Å². The van der Waals surface area contributed by atoms with E-state index < -0.39 is 17.5 Å². The van der Waals surface area contributed by atoms with Crippen molar-refractivity contribution in [3.05, 3.63) is 63.6 Å². The minimum atomic E-state index is -0.730. The lowest BCUT2D eigenvalue weighted by atomic mass is 9.81. The van der Waals surface area contributed by atoms with Gasteiger partial charge in [-0.05, 0) is 55.2 Å². The van der Waals surface area contributed by atoms with Crippen LogP contribution in [0.25, 0.3) is 0 Å². The number of rotatable bonds is 3. The Hall–Kier alpha value is -2.84. The second-order valence-corrected chi connectivity index (χ2v) is 8.07. The molecule has 10 heteroatoms. The number of hydrogen-bond acceptors (Lipinski definition) is 3. The fourth-order valence-corrected chi connectivity index (χ4v) is 3.51. The molecule has 2 aromatic rings. The molecule has 0 spiro atoms. The van der Waals surface area contributed by atoms with Crippen molar-refractivity contribution < 1.29 is 13.6 Å². The standard InChI is InChI=1S/C21H17Cl2F2N5O/c22-13-7-14(24)9-15(8-13)26-21(27-19-10-18(29-30-19)11-2-1-3-11)28-20(31)12-4-5-16(23)17(25)6-12/h4-9,11H,1-3,10H2,(H2,26,27,28,30,31). The van der Waals surface area contributed by atoms with E-state index in [4.69, 9.17) is 23.2 Å². The summed E-state index contributed by atoms with van der Waals surface area (Å²) in [5.74, 6) is -1.15. The Morgan fingerprint density at radius 2 is 1.97 bits per heavy atom. The van der Waals surface area contributed by atoms with Gasteiger partial charge in [0.2, 0.25) is 5.96 Å². The number of hydrogen-bond donors (Lipinski definition) is 2. The van der Waals surface area contributed by atoms with Crippen LogP contribution in [0.4, 0.5) is 14.5 Å². The molecule has 2 aromatic carbocycles. The molecule has 0 saturated heterocycles. The van der Waals surface area contributed by atoms with Crippen LogP contribution in [0.3, 0.4) is 0 Å². The highest BCUT2D eigenvalue weighted by molar-refractivity contribution is 6.31. The first-order chi connectivity index (χ1) is 14.9. The highest BCUT2D eigenvalue weighted by Crippen LogP contribution is 2.30. The van der Waals surface area contributed by atoms with E-state index in [2.05, 4.69) is 25.8 Å². The van der Waals surface area contributed by atoms with Gasteiger partial charge in [0.15, 0.2) is 0 Å². The molecule has 1 amide bonds. The predicted molar refractivity (Wildman–Crippen MR) is 117 cm³/mol. The smallest absolute Gasteiger partial charge is 0.258 e. The normalized spacial score (nSPS) is 17.9. The number of hydrazone groups is 1. The number of nitrogens with zero attached hydrogens (tertiary/aromatic N) is 3. The molecule has 0 unspecified atom stereocenters. The molecule has 1 heterocycles.